The highest BCUT2D eigenvalue weighted by molar-refractivity contribution is 8.03. The van der Waals surface area contributed by atoms with Gasteiger partial charge in [-0.05, 0) is 41.4 Å². The molecule has 0 aliphatic carbocycles. The normalized spacial score (nSPS) is 11.7. The summed E-state index contributed by atoms with van der Waals surface area (Å²) < 4.78 is 5.01. The molecule has 7 heteroatoms. The number of hydrogen-bond donors (Lipinski definition) is 1. The lowest BCUT2D eigenvalue weighted by Crippen LogP contribution is -2.29. The minimum absolute atomic E-state index is 0.0255. The molecule has 0 rings (SSSR count). The lowest BCUT2D eigenvalue weighted by molar-refractivity contribution is -0.146. The van der Waals surface area contributed by atoms with Gasteiger partial charge in [0.1, 0.15) is 24.6 Å². The van der Waals surface area contributed by atoms with Crippen molar-refractivity contribution < 1.29 is 23.9 Å². The van der Waals surface area contributed by atoms with Crippen LogP contribution in [0.5, 0.6) is 0 Å². The molecular weight excluding hydrogens is 426 g/mol. The minimum atomic E-state index is -0.562. The van der Waals surface area contributed by atoms with Crippen molar-refractivity contribution in [2.75, 3.05) is 18.9 Å². The summed E-state index contributed by atoms with van der Waals surface area (Å²) in [6, 6.07) is 0. The van der Waals surface area contributed by atoms with Crippen LogP contribution in [0.25, 0.3) is 0 Å². The number of rotatable bonds is 16. The largest absolute Gasteiger partial charge is 0.463 e. The van der Waals surface area contributed by atoms with Crippen LogP contribution < -0.4 is 5.32 Å². The summed E-state index contributed by atoms with van der Waals surface area (Å²) in [5.74, 6) is -0.592. The molecule has 6 nitrogen and oxygen atoms in total. The number of carbonyl (C=O) groups is 4. The third-order valence-electron chi connectivity index (χ3n) is 4.60. The van der Waals surface area contributed by atoms with Gasteiger partial charge in [0.2, 0.25) is 5.91 Å². The van der Waals surface area contributed by atoms with Gasteiger partial charge in [-0.2, -0.15) is 0 Å². The van der Waals surface area contributed by atoms with Gasteiger partial charge in [-0.1, -0.05) is 48.1 Å². The van der Waals surface area contributed by atoms with Gasteiger partial charge in [-0.15, -0.1) is 11.8 Å². The second-order valence-corrected chi connectivity index (χ2v) is 11.8. The van der Waals surface area contributed by atoms with E-state index in [1.165, 1.54) is 11.8 Å². The molecule has 0 saturated heterocycles. The molecule has 0 radical (unpaired) electrons. The van der Waals surface area contributed by atoms with Crippen LogP contribution in [0.3, 0.4) is 0 Å². The maximum atomic E-state index is 12.0. The van der Waals surface area contributed by atoms with Crippen LogP contribution >= 0.6 is 11.8 Å². The van der Waals surface area contributed by atoms with E-state index in [0.717, 1.165) is 25.7 Å². The zero-order chi connectivity index (χ0) is 24.8. The van der Waals surface area contributed by atoms with E-state index in [2.05, 4.69) is 53.4 Å². The van der Waals surface area contributed by atoms with Crippen LogP contribution in [-0.2, 0) is 23.9 Å². The lowest BCUT2D eigenvalue weighted by Gasteiger charge is -2.17. The molecule has 0 aliphatic heterocycles. The molecule has 1 amide bonds. The van der Waals surface area contributed by atoms with Crippen LogP contribution in [-0.4, -0.2) is 42.3 Å². The standard InChI is InChI=1S/C25H43NO5S/c1-19(16-20(27)10-8-12-24(2,3)4)32-18-22(29)26-14-15-31-23(30)17-21(28)11-9-13-25(5,6)7/h1,8-18H2,2-7H3,(H,26,29). The van der Waals surface area contributed by atoms with Crippen molar-refractivity contribution in [2.24, 2.45) is 10.8 Å². The van der Waals surface area contributed by atoms with E-state index in [-0.39, 0.29) is 60.0 Å². The quantitative estimate of drug-likeness (QED) is 0.189. The first-order valence-corrected chi connectivity index (χ1v) is 12.4. The molecule has 0 aromatic heterocycles. The monoisotopic (exact) mass is 469 g/mol. The summed E-state index contributed by atoms with van der Waals surface area (Å²) in [4.78, 5) is 48.1. The molecule has 0 heterocycles. The number of esters is 1. The molecule has 184 valence electrons. The fraction of sp³-hybridized carbons (Fsp3) is 0.760. The fourth-order valence-electron chi connectivity index (χ4n) is 2.87. The van der Waals surface area contributed by atoms with Crippen molar-refractivity contribution in [3.05, 3.63) is 11.5 Å². The third kappa shape index (κ3) is 20.3. The lowest BCUT2D eigenvalue weighted by atomic mass is 9.89. The van der Waals surface area contributed by atoms with Gasteiger partial charge in [0.15, 0.2) is 0 Å². The highest BCUT2D eigenvalue weighted by atomic mass is 32.2. The SMILES string of the molecule is C=C(CC(=O)CCCC(C)(C)C)SCC(=O)NCCOC(=O)CC(=O)CCCC(C)(C)C. The average molecular weight is 470 g/mol. The molecule has 1 N–H and O–H groups in total. The summed E-state index contributed by atoms with van der Waals surface area (Å²) in [7, 11) is 0. The van der Waals surface area contributed by atoms with Crippen LogP contribution in [0.2, 0.25) is 0 Å². The number of carbonyl (C=O) groups excluding carboxylic acids is 4. The Labute approximate surface area is 198 Å². The Hall–Kier alpha value is -1.63. The van der Waals surface area contributed by atoms with Crippen LogP contribution in [0.15, 0.2) is 11.5 Å². The summed E-state index contributed by atoms with van der Waals surface area (Å²) in [6.07, 6.45) is 4.52. The van der Waals surface area contributed by atoms with Crippen LogP contribution in [0.4, 0.5) is 0 Å². The van der Waals surface area contributed by atoms with E-state index in [9.17, 15) is 19.2 Å². The van der Waals surface area contributed by atoms with Crippen molar-refractivity contribution in [1.29, 1.82) is 0 Å². The van der Waals surface area contributed by atoms with Crippen molar-refractivity contribution in [3.63, 3.8) is 0 Å². The molecule has 0 bridgehead atoms. The first-order valence-electron chi connectivity index (χ1n) is 11.4. The van der Waals surface area contributed by atoms with E-state index in [1.807, 2.05) is 0 Å². The average Bonchev–Trinajstić information content (AvgIpc) is 2.61. The summed E-state index contributed by atoms with van der Waals surface area (Å²) in [5.41, 5.74) is 0.394. The molecule has 0 aromatic rings. The molecule has 32 heavy (non-hydrogen) atoms. The number of thioether (sulfide) groups is 1. The van der Waals surface area contributed by atoms with Gasteiger partial charge < -0.3 is 10.1 Å². The Kier molecular flexibility index (Phi) is 14.5. The molecule has 0 fully saturated rings. The molecule has 0 atom stereocenters. The Morgan fingerprint density at radius 2 is 1.34 bits per heavy atom. The van der Waals surface area contributed by atoms with Crippen LogP contribution in [0.1, 0.15) is 92.9 Å². The number of allylic oxidation sites excluding steroid dienone is 1. The third-order valence-corrected chi connectivity index (χ3v) is 5.55. The Morgan fingerprint density at radius 1 is 0.844 bits per heavy atom. The smallest absolute Gasteiger partial charge is 0.313 e. The van der Waals surface area contributed by atoms with E-state index >= 15 is 0 Å². The fourth-order valence-corrected chi connectivity index (χ4v) is 3.57. The zero-order valence-corrected chi connectivity index (χ0v) is 21.8. The zero-order valence-electron chi connectivity index (χ0n) is 20.9. The van der Waals surface area contributed by atoms with Gasteiger partial charge in [0, 0.05) is 19.3 Å². The van der Waals surface area contributed by atoms with Gasteiger partial charge in [-0.25, -0.2) is 0 Å². The number of Topliss-reactive ketones (excluding diaryl/α,β-unsaturated/α-hetero) is 2. The van der Waals surface area contributed by atoms with E-state index < -0.39 is 5.97 Å². The number of amides is 1. The van der Waals surface area contributed by atoms with E-state index in [4.69, 9.17) is 4.74 Å². The van der Waals surface area contributed by atoms with Crippen molar-refractivity contribution in [1.82, 2.24) is 5.32 Å². The van der Waals surface area contributed by atoms with Gasteiger partial charge in [0.25, 0.3) is 0 Å². The first kappa shape index (κ1) is 30.4. The number of ketones is 2. The van der Waals surface area contributed by atoms with Crippen molar-refractivity contribution in [2.45, 2.75) is 92.9 Å². The highest BCUT2D eigenvalue weighted by Crippen LogP contribution is 2.24. The summed E-state index contributed by atoms with van der Waals surface area (Å²) in [6.45, 7) is 16.9. The van der Waals surface area contributed by atoms with Gasteiger partial charge in [0.05, 0.1) is 12.3 Å². The maximum absolute atomic E-state index is 12.0. The first-order chi connectivity index (χ1) is 14.7. The Morgan fingerprint density at radius 3 is 1.84 bits per heavy atom. The summed E-state index contributed by atoms with van der Waals surface area (Å²) in [5, 5.41) is 2.65. The Balaban J connectivity index is 3.83. The second kappa shape index (κ2) is 15.3. The van der Waals surface area contributed by atoms with E-state index in [1.54, 1.807) is 0 Å². The van der Waals surface area contributed by atoms with E-state index in [0.29, 0.717) is 17.7 Å². The van der Waals surface area contributed by atoms with Gasteiger partial charge >= 0.3 is 5.97 Å². The minimum Gasteiger partial charge on any atom is -0.463 e. The molecular formula is C25H43NO5S. The Bertz CT molecular complexity index is 644. The van der Waals surface area contributed by atoms with Crippen molar-refractivity contribution in [3.8, 4) is 0 Å². The number of nitrogens with one attached hydrogen (secondary N) is 1. The molecule has 0 aromatic carbocycles. The number of hydrogen-bond acceptors (Lipinski definition) is 6. The highest BCUT2D eigenvalue weighted by Gasteiger charge is 2.15. The van der Waals surface area contributed by atoms with Gasteiger partial charge in [-0.3, -0.25) is 19.2 Å². The molecule has 0 unspecified atom stereocenters. The second-order valence-electron chi connectivity index (χ2n) is 10.7. The maximum Gasteiger partial charge on any atom is 0.313 e. The van der Waals surface area contributed by atoms with Crippen LogP contribution in [0, 0.1) is 10.8 Å². The number of ether oxygens (including phenoxy) is 1. The molecule has 0 saturated carbocycles. The predicted molar refractivity (Wildman–Crippen MR) is 131 cm³/mol. The molecule has 0 spiro atoms. The summed E-state index contributed by atoms with van der Waals surface area (Å²) >= 11 is 1.25. The topological polar surface area (TPSA) is 89.5 Å². The van der Waals surface area contributed by atoms with Crippen molar-refractivity contribution >= 4 is 35.2 Å². The molecule has 0 aliphatic rings. The predicted octanol–water partition coefficient (Wildman–Crippen LogP) is 5.24.